The van der Waals surface area contributed by atoms with Crippen molar-refractivity contribution in [3.05, 3.63) is 61.5 Å². The van der Waals surface area contributed by atoms with Crippen LogP contribution in [-0.2, 0) is 0 Å². The Morgan fingerprint density at radius 3 is 2.55 bits per heavy atom. The number of ether oxygens (including phenoxy) is 1. The second-order valence-corrected chi connectivity index (χ2v) is 6.34. The van der Waals surface area contributed by atoms with E-state index in [-0.39, 0.29) is 6.04 Å². The van der Waals surface area contributed by atoms with Gasteiger partial charge in [0, 0.05) is 8.95 Å². The standard InChI is InChI=1S/C14H13Br2ClN2O/c1-20-13-6-8(2-5-12(13)17)14(19-18)10-4-3-9(15)7-11(10)16/h2-7,14,19H,18H2,1H3. The number of hydrazine groups is 1. The molecule has 0 aromatic heterocycles. The van der Waals surface area contributed by atoms with Gasteiger partial charge < -0.3 is 4.74 Å². The van der Waals surface area contributed by atoms with Crippen LogP contribution in [0.3, 0.4) is 0 Å². The first-order chi connectivity index (χ1) is 9.56. The maximum absolute atomic E-state index is 6.05. The molecule has 2 rings (SSSR count). The van der Waals surface area contributed by atoms with Crippen LogP contribution in [0.2, 0.25) is 5.02 Å². The molecule has 0 saturated heterocycles. The van der Waals surface area contributed by atoms with E-state index in [2.05, 4.69) is 37.3 Å². The molecule has 0 spiro atoms. The van der Waals surface area contributed by atoms with E-state index in [0.29, 0.717) is 10.8 Å². The Morgan fingerprint density at radius 1 is 1.20 bits per heavy atom. The van der Waals surface area contributed by atoms with Crippen molar-refractivity contribution in [1.29, 1.82) is 0 Å². The molecule has 1 unspecified atom stereocenters. The zero-order valence-electron chi connectivity index (χ0n) is 10.7. The van der Waals surface area contributed by atoms with E-state index in [1.807, 2.05) is 30.3 Å². The zero-order chi connectivity index (χ0) is 14.7. The zero-order valence-corrected chi connectivity index (χ0v) is 14.6. The van der Waals surface area contributed by atoms with Crippen molar-refractivity contribution in [2.24, 2.45) is 5.84 Å². The number of hydrogen-bond acceptors (Lipinski definition) is 3. The van der Waals surface area contributed by atoms with Crippen molar-refractivity contribution < 1.29 is 4.74 Å². The van der Waals surface area contributed by atoms with Gasteiger partial charge in [0.2, 0.25) is 0 Å². The Kier molecular flexibility index (Phi) is 5.46. The van der Waals surface area contributed by atoms with Crippen LogP contribution in [0.25, 0.3) is 0 Å². The summed E-state index contributed by atoms with van der Waals surface area (Å²) in [5, 5.41) is 0.571. The summed E-state index contributed by atoms with van der Waals surface area (Å²) in [6.45, 7) is 0. The molecule has 0 amide bonds. The normalized spacial score (nSPS) is 12.2. The molecule has 2 aromatic carbocycles. The van der Waals surface area contributed by atoms with Crippen LogP contribution in [0.1, 0.15) is 17.2 Å². The molecule has 20 heavy (non-hydrogen) atoms. The van der Waals surface area contributed by atoms with Crippen molar-refractivity contribution in [2.75, 3.05) is 7.11 Å². The number of nitrogens with one attached hydrogen (secondary N) is 1. The van der Waals surface area contributed by atoms with Crippen LogP contribution in [0.5, 0.6) is 5.75 Å². The predicted molar refractivity (Wildman–Crippen MR) is 89.0 cm³/mol. The molecule has 0 aliphatic rings. The molecule has 0 aliphatic carbocycles. The van der Waals surface area contributed by atoms with Gasteiger partial charge in [-0.15, -0.1) is 0 Å². The Morgan fingerprint density at radius 2 is 1.95 bits per heavy atom. The van der Waals surface area contributed by atoms with Gasteiger partial charge in [0.1, 0.15) is 5.75 Å². The summed E-state index contributed by atoms with van der Waals surface area (Å²) in [6.07, 6.45) is 0. The summed E-state index contributed by atoms with van der Waals surface area (Å²) >= 11 is 13.0. The number of halogens is 3. The fourth-order valence-electron chi connectivity index (χ4n) is 1.96. The minimum Gasteiger partial charge on any atom is -0.495 e. The van der Waals surface area contributed by atoms with Crippen LogP contribution in [-0.4, -0.2) is 7.11 Å². The topological polar surface area (TPSA) is 47.3 Å². The number of nitrogens with two attached hydrogens (primary N) is 1. The summed E-state index contributed by atoms with van der Waals surface area (Å²) < 4.78 is 7.21. The lowest BCUT2D eigenvalue weighted by atomic mass is 9.99. The van der Waals surface area contributed by atoms with Crippen LogP contribution in [0.4, 0.5) is 0 Å². The molecule has 0 aliphatic heterocycles. The fourth-order valence-corrected chi connectivity index (χ4v) is 3.43. The maximum Gasteiger partial charge on any atom is 0.137 e. The molecule has 0 fully saturated rings. The minimum atomic E-state index is -0.163. The Balaban J connectivity index is 2.46. The first-order valence-corrected chi connectivity index (χ1v) is 7.77. The maximum atomic E-state index is 6.05. The molecule has 0 radical (unpaired) electrons. The van der Waals surface area contributed by atoms with Gasteiger partial charge in [-0.05, 0) is 35.4 Å². The Labute approximate surface area is 139 Å². The number of rotatable bonds is 4. The van der Waals surface area contributed by atoms with Crippen LogP contribution >= 0.6 is 43.5 Å². The molecule has 3 N–H and O–H groups in total. The monoisotopic (exact) mass is 418 g/mol. The number of methoxy groups -OCH3 is 1. The van der Waals surface area contributed by atoms with Gasteiger partial charge in [0.05, 0.1) is 18.2 Å². The van der Waals surface area contributed by atoms with Gasteiger partial charge in [-0.1, -0.05) is 55.6 Å². The third kappa shape index (κ3) is 3.35. The van der Waals surface area contributed by atoms with E-state index >= 15 is 0 Å². The van der Waals surface area contributed by atoms with Gasteiger partial charge in [-0.3, -0.25) is 5.84 Å². The smallest absolute Gasteiger partial charge is 0.137 e. The molecule has 6 heteroatoms. The van der Waals surface area contributed by atoms with Gasteiger partial charge in [-0.2, -0.15) is 0 Å². The van der Waals surface area contributed by atoms with E-state index in [1.165, 1.54) is 0 Å². The molecule has 2 aromatic rings. The van der Waals surface area contributed by atoms with Crippen LogP contribution < -0.4 is 16.0 Å². The van der Waals surface area contributed by atoms with E-state index in [1.54, 1.807) is 13.2 Å². The summed E-state index contributed by atoms with van der Waals surface area (Å²) in [7, 11) is 1.59. The van der Waals surface area contributed by atoms with Gasteiger partial charge >= 0.3 is 0 Å². The Hall–Kier alpha value is -0.590. The summed E-state index contributed by atoms with van der Waals surface area (Å²) in [6, 6.07) is 11.4. The third-order valence-electron chi connectivity index (χ3n) is 2.95. The number of hydrogen-bond donors (Lipinski definition) is 2. The van der Waals surface area contributed by atoms with Crippen molar-refractivity contribution >= 4 is 43.5 Å². The fraction of sp³-hybridized carbons (Fsp3) is 0.143. The molecule has 106 valence electrons. The molecule has 3 nitrogen and oxygen atoms in total. The quantitative estimate of drug-likeness (QED) is 0.568. The van der Waals surface area contributed by atoms with Crippen LogP contribution in [0, 0.1) is 0 Å². The lowest BCUT2D eigenvalue weighted by Gasteiger charge is -2.19. The highest BCUT2D eigenvalue weighted by Gasteiger charge is 2.17. The SMILES string of the molecule is COc1cc(C(NN)c2ccc(Br)cc2Br)ccc1Cl. The molecule has 0 saturated carbocycles. The van der Waals surface area contributed by atoms with E-state index in [9.17, 15) is 0 Å². The van der Waals surface area contributed by atoms with Gasteiger partial charge in [0.15, 0.2) is 0 Å². The summed E-state index contributed by atoms with van der Waals surface area (Å²) in [5.74, 6) is 6.34. The highest BCUT2D eigenvalue weighted by Crippen LogP contribution is 2.34. The largest absolute Gasteiger partial charge is 0.495 e. The highest BCUT2D eigenvalue weighted by molar-refractivity contribution is 9.11. The lowest BCUT2D eigenvalue weighted by molar-refractivity contribution is 0.414. The average Bonchev–Trinajstić information content (AvgIpc) is 2.43. The first-order valence-electron chi connectivity index (χ1n) is 5.81. The van der Waals surface area contributed by atoms with E-state index in [0.717, 1.165) is 20.1 Å². The predicted octanol–water partition coefficient (Wildman–Crippen LogP) is 4.43. The lowest BCUT2D eigenvalue weighted by Crippen LogP contribution is -2.29. The first kappa shape index (κ1) is 15.8. The molecular weight excluding hydrogens is 407 g/mol. The molecule has 0 bridgehead atoms. The van der Waals surface area contributed by atoms with Crippen molar-refractivity contribution in [3.63, 3.8) is 0 Å². The molecule has 0 heterocycles. The van der Waals surface area contributed by atoms with E-state index < -0.39 is 0 Å². The molecular formula is C14H13Br2ClN2O. The second-order valence-electron chi connectivity index (χ2n) is 4.16. The van der Waals surface area contributed by atoms with Crippen molar-refractivity contribution in [3.8, 4) is 5.75 Å². The van der Waals surface area contributed by atoms with Gasteiger partial charge in [-0.25, -0.2) is 5.43 Å². The minimum absolute atomic E-state index is 0.163. The van der Waals surface area contributed by atoms with Crippen LogP contribution in [0.15, 0.2) is 45.3 Å². The average molecular weight is 421 g/mol. The third-order valence-corrected chi connectivity index (χ3v) is 4.44. The summed E-state index contributed by atoms with van der Waals surface area (Å²) in [4.78, 5) is 0. The van der Waals surface area contributed by atoms with Crippen molar-refractivity contribution in [2.45, 2.75) is 6.04 Å². The molecule has 1 atom stereocenters. The summed E-state index contributed by atoms with van der Waals surface area (Å²) in [5.41, 5.74) is 4.82. The van der Waals surface area contributed by atoms with Crippen molar-refractivity contribution in [1.82, 2.24) is 5.43 Å². The second kappa shape index (κ2) is 6.91. The highest BCUT2D eigenvalue weighted by atomic mass is 79.9. The Bertz CT molecular complexity index is 622. The van der Waals surface area contributed by atoms with Gasteiger partial charge in [0.25, 0.3) is 0 Å². The van der Waals surface area contributed by atoms with E-state index in [4.69, 9.17) is 22.2 Å². The number of benzene rings is 2.